The molecule has 30 heavy (non-hydrogen) atoms. The van der Waals surface area contributed by atoms with Crippen LogP contribution in [-0.2, 0) is 11.3 Å². The highest BCUT2D eigenvalue weighted by atomic mass is 35.5. The Morgan fingerprint density at radius 1 is 1.17 bits per heavy atom. The summed E-state index contributed by atoms with van der Waals surface area (Å²) in [6, 6.07) is 8.39. The molecule has 1 aromatic carbocycles. The minimum atomic E-state index is -0.117. The van der Waals surface area contributed by atoms with Crippen LogP contribution in [0.3, 0.4) is 0 Å². The summed E-state index contributed by atoms with van der Waals surface area (Å²) in [4.78, 5) is 30.2. The van der Waals surface area contributed by atoms with E-state index in [9.17, 15) is 9.59 Å². The minimum Gasteiger partial charge on any atom is -0.322 e. The number of halogens is 1. The fraction of sp³-hybridized carbons (Fsp3) is 0.500. The fourth-order valence-electron chi connectivity index (χ4n) is 4.73. The molecule has 0 N–H and O–H groups in total. The summed E-state index contributed by atoms with van der Waals surface area (Å²) in [6.07, 6.45) is 5.35. The molecule has 2 aliphatic rings. The second kappa shape index (κ2) is 8.40. The average molecular weight is 430 g/mol. The molecule has 2 aromatic rings. The van der Waals surface area contributed by atoms with Crippen molar-refractivity contribution in [1.82, 2.24) is 19.6 Å². The van der Waals surface area contributed by atoms with Crippen LogP contribution in [0.15, 0.2) is 36.7 Å². The number of hydrogen-bond acceptors (Lipinski definition) is 4. The average Bonchev–Trinajstić information content (AvgIpc) is 3.43. The molecule has 1 aliphatic carbocycles. The number of hydrogen-bond donors (Lipinski definition) is 0. The number of fused-ring (bicyclic) bond motifs is 1. The van der Waals surface area contributed by atoms with E-state index in [0.29, 0.717) is 23.6 Å². The molecule has 1 aliphatic heterocycles. The van der Waals surface area contributed by atoms with Gasteiger partial charge in [0.05, 0.1) is 18.1 Å². The SMILES string of the molecule is CC(=O)N(C)c1cnn(C(=O)N2C[C@H]3CC(N(C)Cc4ccccc4Cl)C[C@H]3C2)c1. The van der Waals surface area contributed by atoms with Gasteiger partial charge in [-0.05, 0) is 43.4 Å². The van der Waals surface area contributed by atoms with E-state index in [1.54, 1.807) is 19.4 Å². The van der Waals surface area contributed by atoms with Crippen LogP contribution in [0, 0.1) is 11.8 Å². The summed E-state index contributed by atoms with van der Waals surface area (Å²) in [7, 11) is 3.84. The molecule has 1 saturated heterocycles. The van der Waals surface area contributed by atoms with Crippen molar-refractivity contribution in [3.8, 4) is 0 Å². The van der Waals surface area contributed by atoms with E-state index in [4.69, 9.17) is 11.6 Å². The van der Waals surface area contributed by atoms with Gasteiger partial charge in [-0.25, -0.2) is 4.79 Å². The summed E-state index contributed by atoms with van der Waals surface area (Å²) in [6.45, 7) is 3.85. The third-order valence-electron chi connectivity index (χ3n) is 6.62. The van der Waals surface area contributed by atoms with Crippen LogP contribution in [0.4, 0.5) is 10.5 Å². The van der Waals surface area contributed by atoms with Gasteiger partial charge in [-0.2, -0.15) is 9.78 Å². The number of aromatic nitrogens is 2. The van der Waals surface area contributed by atoms with E-state index in [1.165, 1.54) is 16.5 Å². The molecule has 160 valence electrons. The first-order chi connectivity index (χ1) is 14.3. The van der Waals surface area contributed by atoms with E-state index < -0.39 is 0 Å². The summed E-state index contributed by atoms with van der Waals surface area (Å²) >= 11 is 6.32. The number of amides is 2. The third-order valence-corrected chi connectivity index (χ3v) is 6.99. The molecule has 2 heterocycles. The predicted molar refractivity (Wildman–Crippen MR) is 117 cm³/mol. The molecule has 4 rings (SSSR count). The highest BCUT2D eigenvalue weighted by molar-refractivity contribution is 6.31. The second-order valence-electron chi connectivity index (χ2n) is 8.56. The lowest BCUT2D eigenvalue weighted by atomic mass is 10.0. The molecule has 3 atom stereocenters. The Hall–Kier alpha value is -2.38. The molecule has 2 fully saturated rings. The summed E-state index contributed by atoms with van der Waals surface area (Å²) in [5.74, 6) is 0.940. The number of benzene rings is 1. The maximum absolute atomic E-state index is 12.9. The summed E-state index contributed by atoms with van der Waals surface area (Å²) in [5, 5.41) is 4.98. The molecule has 0 bridgehead atoms. The first-order valence-corrected chi connectivity index (χ1v) is 10.7. The molecular formula is C22H28ClN5O2. The molecule has 7 nitrogen and oxygen atoms in total. The Kier molecular flexibility index (Phi) is 5.84. The van der Waals surface area contributed by atoms with E-state index in [0.717, 1.165) is 43.1 Å². The van der Waals surface area contributed by atoms with Crippen LogP contribution in [0.25, 0.3) is 0 Å². The molecule has 0 spiro atoms. The van der Waals surface area contributed by atoms with Gasteiger partial charge in [0.2, 0.25) is 5.91 Å². The van der Waals surface area contributed by atoms with Crippen LogP contribution in [0.2, 0.25) is 5.02 Å². The number of carbonyl (C=O) groups is 2. The van der Waals surface area contributed by atoms with Gasteiger partial charge in [0.1, 0.15) is 0 Å². The monoisotopic (exact) mass is 429 g/mol. The van der Waals surface area contributed by atoms with E-state index >= 15 is 0 Å². The zero-order chi connectivity index (χ0) is 21.4. The van der Waals surface area contributed by atoms with Gasteiger partial charge in [-0.15, -0.1) is 0 Å². The zero-order valence-corrected chi connectivity index (χ0v) is 18.4. The van der Waals surface area contributed by atoms with E-state index in [2.05, 4.69) is 23.1 Å². The number of carbonyl (C=O) groups excluding carboxylic acids is 2. The second-order valence-corrected chi connectivity index (χ2v) is 8.97. The van der Waals surface area contributed by atoms with Crippen LogP contribution < -0.4 is 4.90 Å². The van der Waals surface area contributed by atoms with E-state index in [-0.39, 0.29) is 11.9 Å². The Morgan fingerprint density at radius 3 is 2.47 bits per heavy atom. The maximum atomic E-state index is 12.9. The van der Waals surface area contributed by atoms with Gasteiger partial charge in [0, 0.05) is 44.7 Å². The fourth-order valence-corrected chi connectivity index (χ4v) is 4.92. The Morgan fingerprint density at radius 2 is 1.83 bits per heavy atom. The smallest absolute Gasteiger partial charge is 0.322 e. The lowest BCUT2D eigenvalue weighted by molar-refractivity contribution is -0.116. The van der Waals surface area contributed by atoms with Gasteiger partial charge in [0.15, 0.2) is 0 Å². The van der Waals surface area contributed by atoms with E-state index in [1.807, 2.05) is 23.1 Å². The molecule has 8 heteroatoms. The number of anilines is 1. The highest BCUT2D eigenvalue weighted by Crippen LogP contribution is 2.40. The van der Waals surface area contributed by atoms with Crippen molar-refractivity contribution in [1.29, 1.82) is 0 Å². The van der Waals surface area contributed by atoms with Gasteiger partial charge < -0.3 is 9.80 Å². The summed E-state index contributed by atoms with van der Waals surface area (Å²) < 4.78 is 1.34. The van der Waals surface area contributed by atoms with Gasteiger partial charge in [-0.1, -0.05) is 29.8 Å². The van der Waals surface area contributed by atoms with Crippen molar-refractivity contribution in [2.24, 2.45) is 11.8 Å². The Labute approximate surface area is 182 Å². The minimum absolute atomic E-state index is 0.0929. The normalized spacial score (nSPS) is 23.1. The van der Waals surface area contributed by atoms with Crippen molar-refractivity contribution >= 4 is 29.2 Å². The first-order valence-electron chi connectivity index (χ1n) is 10.4. The molecule has 1 saturated carbocycles. The molecule has 2 amide bonds. The summed E-state index contributed by atoms with van der Waals surface area (Å²) in [5.41, 5.74) is 1.78. The third kappa shape index (κ3) is 4.09. The van der Waals surface area contributed by atoms with Crippen LogP contribution >= 0.6 is 11.6 Å². The van der Waals surface area contributed by atoms with Gasteiger partial charge >= 0.3 is 6.03 Å². The van der Waals surface area contributed by atoms with Crippen molar-refractivity contribution in [2.45, 2.75) is 32.4 Å². The largest absolute Gasteiger partial charge is 0.344 e. The predicted octanol–water partition coefficient (Wildman–Crippen LogP) is 3.33. The molecular weight excluding hydrogens is 402 g/mol. The number of likely N-dealkylation sites (tertiary alicyclic amines) is 1. The van der Waals surface area contributed by atoms with Crippen LogP contribution in [0.1, 0.15) is 25.3 Å². The van der Waals surface area contributed by atoms with Gasteiger partial charge in [-0.3, -0.25) is 9.69 Å². The lowest BCUT2D eigenvalue weighted by Gasteiger charge is -2.26. The highest BCUT2D eigenvalue weighted by Gasteiger charge is 2.43. The molecule has 1 aromatic heterocycles. The zero-order valence-electron chi connectivity index (χ0n) is 17.7. The van der Waals surface area contributed by atoms with Crippen molar-refractivity contribution in [2.75, 3.05) is 32.1 Å². The van der Waals surface area contributed by atoms with Crippen molar-refractivity contribution in [3.63, 3.8) is 0 Å². The first kappa shape index (κ1) is 20.9. The Bertz CT molecular complexity index is 931. The topological polar surface area (TPSA) is 61.7 Å². The van der Waals surface area contributed by atoms with Crippen molar-refractivity contribution < 1.29 is 9.59 Å². The molecule has 0 radical (unpaired) electrons. The number of rotatable bonds is 4. The van der Waals surface area contributed by atoms with Gasteiger partial charge in [0.25, 0.3) is 0 Å². The molecule has 1 unspecified atom stereocenters. The Balaban J connectivity index is 1.34. The maximum Gasteiger partial charge on any atom is 0.344 e. The van der Waals surface area contributed by atoms with Crippen LogP contribution in [0.5, 0.6) is 0 Å². The number of nitrogens with zero attached hydrogens (tertiary/aromatic N) is 5. The quantitative estimate of drug-likeness (QED) is 0.747. The van der Waals surface area contributed by atoms with Crippen molar-refractivity contribution in [3.05, 3.63) is 47.2 Å². The standard InChI is InChI=1S/C22H28ClN5O2/c1-15(29)26(3)20-10-24-28(14-20)22(30)27-12-17-8-19(9-18(17)13-27)25(2)11-16-6-4-5-7-21(16)23/h4-7,10,14,17-19H,8-9,11-13H2,1-3H3/t17-,18+,19?. The lowest BCUT2D eigenvalue weighted by Crippen LogP contribution is -2.36. The van der Waals surface area contributed by atoms with Crippen LogP contribution in [-0.4, -0.2) is 64.7 Å².